The Balaban J connectivity index is 1.55. The van der Waals surface area contributed by atoms with E-state index in [4.69, 9.17) is 4.98 Å². The first-order chi connectivity index (χ1) is 13.6. The molecule has 2 heterocycles. The van der Waals surface area contributed by atoms with Gasteiger partial charge in [0.25, 0.3) is 0 Å². The Morgan fingerprint density at radius 1 is 0.964 bits per heavy atom. The number of hydrogen-bond acceptors (Lipinski definition) is 4. The minimum Gasteiger partial charge on any atom is -0.493 e. The molecule has 2 N–H and O–H groups in total. The number of anilines is 1. The molecule has 0 spiro atoms. The first-order valence-electron chi connectivity index (χ1n) is 10.4. The van der Waals surface area contributed by atoms with Crippen LogP contribution < -0.4 is 5.32 Å². The van der Waals surface area contributed by atoms with Crippen LogP contribution in [0, 0.1) is 11.8 Å². The van der Waals surface area contributed by atoms with Gasteiger partial charge in [0.2, 0.25) is 5.88 Å². The van der Waals surface area contributed by atoms with Gasteiger partial charge in [0, 0.05) is 36.3 Å². The lowest BCUT2D eigenvalue weighted by atomic mass is 9.79. The van der Waals surface area contributed by atoms with Crippen molar-refractivity contribution < 1.29 is 5.11 Å². The molecular weight excluding hydrogens is 346 g/mol. The number of aromatic hydroxyl groups is 1. The molecule has 2 aromatic heterocycles. The number of benzene rings is 1. The van der Waals surface area contributed by atoms with E-state index in [-0.39, 0.29) is 5.88 Å². The van der Waals surface area contributed by atoms with Crippen LogP contribution in [0.1, 0.15) is 50.7 Å². The fourth-order valence-corrected chi connectivity index (χ4v) is 4.37. The summed E-state index contributed by atoms with van der Waals surface area (Å²) in [4.78, 5) is 8.78. The van der Waals surface area contributed by atoms with Crippen molar-refractivity contribution in [2.45, 2.75) is 52.0 Å². The predicted octanol–water partition coefficient (Wildman–Crippen LogP) is 5.55. The van der Waals surface area contributed by atoms with E-state index < -0.39 is 0 Å². The van der Waals surface area contributed by atoms with Gasteiger partial charge in [0.1, 0.15) is 5.82 Å². The van der Waals surface area contributed by atoms with Gasteiger partial charge in [-0.25, -0.2) is 9.97 Å². The summed E-state index contributed by atoms with van der Waals surface area (Å²) >= 11 is 0. The third kappa shape index (κ3) is 4.11. The zero-order valence-corrected chi connectivity index (χ0v) is 16.7. The second-order valence-electron chi connectivity index (χ2n) is 8.38. The Bertz CT molecular complexity index is 928. The quantitative estimate of drug-likeness (QED) is 0.613. The molecule has 4 nitrogen and oxygen atoms in total. The minimum absolute atomic E-state index is 0.0541. The summed E-state index contributed by atoms with van der Waals surface area (Å²) in [7, 11) is 0. The molecule has 1 saturated carbocycles. The molecule has 4 rings (SSSR count). The van der Waals surface area contributed by atoms with E-state index in [2.05, 4.69) is 48.4 Å². The van der Waals surface area contributed by atoms with Gasteiger partial charge in [0.05, 0.1) is 0 Å². The Hall–Kier alpha value is -2.62. The molecule has 0 atom stereocenters. The minimum atomic E-state index is 0.0541. The van der Waals surface area contributed by atoms with E-state index in [1.807, 2.05) is 12.3 Å². The second kappa shape index (κ2) is 8.17. The van der Waals surface area contributed by atoms with Gasteiger partial charge >= 0.3 is 0 Å². The van der Waals surface area contributed by atoms with E-state index in [0.29, 0.717) is 6.04 Å². The molecule has 1 fully saturated rings. The molecule has 0 saturated heterocycles. The zero-order valence-electron chi connectivity index (χ0n) is 16.7. The van der Waals surface area contributed by atoms with Gasteiger partial charge < -0.3 is 10.4 Å². The smallest absolute Gasteiger partial charge is 0.210 e. The standard InChI is InChI=1S/C24H29N3O/c1-16(2)18-8-10-20(11-9-18)27-24-22-6-4-3-5-21(22)19(15-26-24)13-17-7-12-23(28)25-14-17/h3-7,12,14-16,18,20H,8-11,13H2,1-2H3,(H,25,28)(H,26,27). The van der Waals surface area contributed by atoms with E-state index >= 15 is 0 Å². The Morgan fingerprint density at radius 3 is 2.39 bits per heavy atom. The molecule has 146 valence electrons. The second-order valence-corrected chi connectivity index (χ2v) is 8.38. The molecule has 0 unspecified atom stereocenters. The predicted molar refractivity (Wildman–Crippen MR) is 115 cm³/mol. The topological polar surface area (TPSA) is 58.0 Å². The molecule has 0 amide bonds. The normalized spacial score (nSPS) is 19.8. The number of fused-ring (bicyclic) bond motifs is 1. The summed E-state index contributed by atoms with van der Waals surface area (Å²) < 4.78 is 0. The number of nitrogens with one attached hydrogen (secondary N) is 1. The molecule has 3 aromatic rings. The third-order valence-electron chi connectivity index (χ3n) is 6.14. The van der Waals surface area contributed by atoms with Crippen LogP contribution in [0.5, 0.6) is 5.88 Å². The summed E-state index contributed by atoms with van der Waals surface area (Å²) in [6, 6.07) is 12.5. The summed E-state index contributed by atoms with van der Waals surface area (Å²) in [6.45, 7) is 4.69. The first kappa shape index (κ1) is 18.7. The maximum atomic E-state index is 9.40. The van der Waals surface area contributed by atoms with Crippen molar-refractivity contribution in [1.29, 1.82) is 0 Å². The Kier molecular flexibility index (Phi) is 5.47. The fourth-order valence-electron chi connectivity index (χ4n) is 4.37. The van der Waals surface area contributed by atoms with Crippen molar-refractivity contribution in [1.82, 2.24) is 9.97 Å². The van der Waals surface area contributed by atoms with Gasteiger partial charge in [-0.3, -0.25) is 0 Å². The van der Waals surface area contributed by atoms with Crippen LogP contribution in [0.2, 0.25) is 0 Å². The maximum absolute atomic E-state index is 9.40. The summed E-state index contributed by atoms with van der Waals surface area (Å²) in [6.07, 6.45) is 9.51. The van der Waals surface area contributed by atoms with Gasteiger partial charge in [-0.2, -0.15) is 0 Å². The van der Waals surface area contributed by atoms with Crippen molar-refractivity contribution >= 4 is 16.6 Å². The largest absolute Gasteiger partial charge is 0.493 e. The van der Waals surface area contributed by atoms with Crippen molar-refractivity contribution in [2.24, 2.45) is 11.8 Å². The number of rotatable bonds is 5. The van der Waals surface area contributed by atoms with Crippen LogP contribution in [0.25, 0.3) is 10.8 Å². The number of aromatic nitrogens is 2. The Labute approximate surface area is 167 Å². The highest BCUT2D eigenvalue weighted by molar-refractivity contribution is 5.94. The molecular formula is C24H29N3O. The first-order valence-corrected chi connectivity index (χ1v) is 10.4. The van der Waals surface area contributed by atoms with Gasteiger partial charge in [-0.1, -0.05) is 44.2 Å². The molecule has 1 aliphatic carbocycles. The monoisotopic (exact) mass is 375 g/mol. The van der Waals surface area contributed by atoms with Gasteiger partial charge in [-0.05, 0) is 54.0 Å². The van der Waals surface area contributed by atoms with Crippen molar-refractivity contribution in [3.8, 4) is 5.88 Å². The highest BCUT2D eigenvalue weighted by atomic mass is 16.3. The van der Waals surface area contributed by atoms with Crippen LogP contribution in [0.4, 0.5) is 5.82 Å². The van der Waals surface area contributed by atoms with E-state index in [1.165, 1.54) is 42.0 Å². The number of nitrogens with zero attached hydrogens (tertiary/aromatic N) is 2. The summed E-state index contributed by atoms with van der Waals surface area (Å²) in [5, 5.41) is 15.5. The van der Waals surface area contributed by atoms with E-state index in [0.717, 1.165) is 29.6 Å². The lowest BCUT2D eigenvalue weighted by Gasteiger charge is -2.31. The van der Waals surface area contributed by atoms with E-state index in [9.17, 15) is 5.11 Å². The lowest BCUT2D eigenvalue weighted by molar-refractivity contribution is 0.267. The van der Waals surface area contributed by atoms with Crippen LogP contribution in [-0.4, -0.2) is 21.1 Å². The van der Waals surface area contributed by atoms with Gasteiger partial charge in [-0.15, -0.1) is 0 Å². The molecule has 0 bridgehead atoms. The number of hydrogen-bond donors (Lipinski definition) is 2. The van der Waals surface area contributed by atoms with Crippen molar-refractivity contribution in [2.75, 3.05) is 5.32 Å². The molecule has 0 aliphatic heterocycles. The SMILES string of the molecule is CC(C)C1CCC(Nc2ncc(Cc3ccc(O)nc3)c3ccccc23)CC1. The summed E-state index contributed by atoms with van der Waals surface area (Å²) in [5.74, 6) is 2.70. The maximum Gasteiger partial charge on any atom is 0.210 e. The molecule has 4 heteroatoms. The Morgan fingerprint density at radius 2 is 1.71 bits per heavy atom. The van der Waals surface area contributed by atoms with Crippen LogP contribution in [0.15, 0.2) is 48.8 Å². The third-order valence-corrected chi connectivity index (χ3v) is 6.14. The highest BCUT2D eigenvalue weighted by Gasteiger charge is 2.23. The van der Waals surface area contributed by atoms with Crippen LogP contribution >= 0.6 is 0 Å². The fraction of sp³-hybridized carbons (Fsp3) is 0.417. The van der Waals surface area contributed by atoms with E-state index in [1.54, 1.807) is 12.3 Å². The molecule has 0 radical (unpaired) electrons. The molecule has 1 aliphatic rings. The van der Waals surface area contributed by atoms with Crippen molar-refractivity contribution in [3.05, 3.63) is 59.9 Å². The van der Waals surface area contributed by atoms with Crippen LogP contribution in [0.3, 0.4) is 0 Å². The highest BCUT2D eigenvalue weighted by Crippen LogP contribution is 2.33. The average molecular weight is 376 g/mol. The zero-order chi connectivity index (χ0) is 19.5. The molecule has 28 heavy (non-hydrogen) atoms. The summed E-state index contributed by atoms with van der Waals surface area (Å²) in [5.41, 5.74) is 2.25. The molecule has 1 aromatic carbocycles. The van der Waals surface area contributed by atoms with Gasteiger partial charge in [0.15, 0.2) is 0 Å². The van der Waals surface area contributed by atoms with Crippen LogP contribution in [-0.2, 0) is 6.42 Å². The number of pyridine rings is 2. The van der Waals surface area contributed by atoms with Crippen molar-refractivity contribution in [3.63, 3.8) is 0 Å². The lowest BCUT2D eigenvalue weighted by Crippen LogP contribution is -2.28. The average Bonchev–Trinajstić information content (AvgIpc) is 2.72.